The summed E-state index contributed by atoms with van der Waals surface area (Å²) in [5, 5.41) is 22.7. The lowest BCUT2D eigenvalue weighted by atomic mass is 10.2. The van der Waals surface area contributed by atoms with Crippen LogP contribution in [-0.2, 0) is 13.1 Å². The van der Waals surface area contributed by atoms with Crippen LogP contribution in [0.4, 0.5) is 17.6 Å². The number of anilines is 2. The monoisotopic (exact) mass is 496 g/mol. The molecule has 3 aromatic carbocycles. The first-order valence-electron chi connectivity index (χ1n) is 10.1. The highest BCUT2D eigenvalue weighted by Gasteiger charge is 2.20. The molecule has 9 nitrogen and oxygen atoms in total. The van der Waals surface area contributed by atoms with Crippen molar-refractivity contribution in [3.8, 4) is 0 Å². The Labute approximate surface area is 204 Å². The van der Waals surface area contributed by atoms with E-state index in [1.54, 1.807) is 12.1 Å². The minimum Gasteiger partial charge on any atom is -0.350 e. The summed E-state index contributed by atoms with van der Waals surface area (Å²) < 4.78 is 1.06. The zero-order chi connectivity index (χ0) is 24.1. The van der Waals surface area contributed by atoms with Gasteiger partial charge in [0.15, 0.2) is 0 Å². The van der Waals surface area contributed by atoms with Gasteiger partial charge in [0.25, 0.3) is 11.6 Å². The van der Waals surface area contributed by atoms with Crippen molar-refractivity contribution < 1.29 is 9.72 Å². The number of nitrogens with one attached hydrogen (secondary N) is 2. The summed E-state index contributed by atoms with van der Waals surface area (Å²) in [5.41, 5.74) is 1.52. The van der Waals surface area contributed by atoms with Crippen molar-refractivity contribution in [2.24, 2.45) is 0 Å². The maximum atomic E-state index is 13.2. The van der Waals surface area contributed by atoms with Gasteiger partial charge in [0, 0.05) is 40.8 Å². The molecule has 4 aromatic rings. The van der Waals surface area contributed by atoms with Crippen LogP contribution in [0.15, 0.2) is 72.8 Å². The fraction of sp³-hybridized carbons (Fsp3) is 0.0870. The van der Waals surface area contributed by atoms with E-state index in [2.05, 4.69) is 20.7 Å². The Bertz CT molecular complexity index is 1360. The molecule has 0 saturated carbocycles. The van der Waals surface area contributed by atoms with Gasteiger partial charge in [-0.2, -0.15) is 9.67 Å². The Kier molecular flexibility index (Phi) is 7.05. The quantitative estimate of drug-likeness (QED) is 0.247. The highest BCUT2D eigenvalue weighted by Crippen LogP contribution is 2.21. The predicted octanol–water partition coefficient (Wildman–Crippen LogP) is 5.41. The molecule has 0 fully saturated rings. The Morgan fingerprint density at radius 1 is 0.912 bits per heavy atom. The van der Waals surface area contributed by atoms with Gasteiger partial charge in [0.05, 0.1) is 4.92 Å². The van der Waals surface area contributed by atoms with E-state index < -0.39 is 10.8 Å². The van der Waals surface area contributed by atoms with E-state index in [1.807, 2.05) is 36.4 Å². The number of benzene rings is 3. The average Bonchev–Trinajstić information content (AvgIpc) is 3.25. The SMILES string of the molecule is O=C(c1cccc([N+](=O)[O-])c1)n1nc(NCc2ccccc2Cl)nc1NCc1ccccc1Cl. The molecule has 0 unspecified atom stereocenters. The second kappa shape index (κ2) is 10.3. The van der Waals surface area contributed by atoms with Crippen molar-refractivity contribution in [1.82, 2.24) is 14.8 Å². The number of aromatic nitrogens is 3. The summed E-state index contributed by atoms with van der Waals surface area (Å²) >= 11 is 12.4. The fourth-order valence-corrected chi connectivity index (χ4v) is 3.55. The van der Waals surface area contributed by atoms with Gasteiger partial charge in [0.1, 0.15) is 0 Å². The third kappa shape index (κ3) is 5.33. The van der Waals surface area contributed by atoms with E-state index in [1.165, 1.54) is 24.3 Å². The minimum atomic E-state index is -0.580. The number of halogens is 2. The Hall–Kier alpha value is -3.95. The van der Waals surface area contributed by atoms with E-state index in [0.717, 1.165) is 15.8 Å². The van der Waals surface area contributed by atoms with E-state index in [-0.39, 0.29) is 29.7 Å². The van der Waals surface area contributed by atoms with Crippen LogP contribution in [0, 0.1) is 10.1 Å². The highest BCUT2D eigenvalue weighted by molar-refractivity contribution is 6.31. The molecule has 0 amide bonds. The molecule has 0 saturated heterocycles. The number of carbonyl (C=O) groups excluding carboxylic acids is 1. The van der Waals surface area contributed by atoms with E-state index in [4.69, 9.17) is 23.2 Å². The van der Waals surface area contributed by atoms with Crippen LogP contribution in [0.1, 0.15) is 21.5 Å². The van der Waals surface area contributed by atoms with Crippen LogP contribution >= 0.6 is 23.2 Å². The topological polar surface area (TPSA) is 115 Å². The zero-order valence-corrected chi connectivity index (χ0v) is 19.1. The van der Waals surface area contributed by atoms with Crippen LogP contribution in [0.25, 0.3) is 0 Å². The molecule has 11 heteroatoms. The summed E-state index contributed by atoms with van der Waals surface area (Å²) in [7, 11) is 0. The normalized spacial score (nSPS) is 10.6. The standard InChI is InChI=1S/C23H18Cl2N6O3/c24-19-10-3-1-6-16(19)13-26-22-28-23(27-14-17-7-2-4-11-20(17)25)30(29-22)21(32)15-8-5-9-18(12-15)31(33)34/h1-12H,13-14H2,(H2,26,27,28,29). The van der Waals surface area contributed by atoms with Gasteiger partial charge >= 0.3 is 0 Å². The van der Waals surface area contributed by atoms with Gasteiger partial charge < -0.3 is 10.6 Å². The number of nitro benzene ring substituents is 1. The molecule has 34 heavy (non-hydrogen) atoms. The van der Waals surface area contributed by atoms with Gasteiger partial charge in [-0.15, -0.1) is 5.10 Å². The summed E-state index contributed by atoms with van der Waals surface area (Å²) in [5.74, 6) is -0.248. The second-order valence-corrected chi connectivity index (χ2v) is 7.99. The fourth-order valence-electron chi connectivity index (χ4n) is 3.15. The first-order valence-corrected chi connectivity index (χ1v) is 10.9. The Morgan fingerprint density at radius 2 is 1.53 bits per heavy atom. The van der Waals surface area contributed by atoms with Crippen LogP contribution in [0.5, 0.6) is 0 Å². The first-order chi connectivity index (χ1) is 16.4. The second-order valence-electron chi connectivity index (χ2n) is 7.17. The Morgan fingerprint density at radius 3 is 2.15 bits per heavy atom. The van der Waals surface area contributed by atoms with Crippen LogP contribution in [0.3, 0.4) is 0 Å². The van der Waals surface area contributed by atoms with Crippen molar-refractivity contribution in [3.63, 3.8) is 0 Å². The number of carbonyl (C=O) groups is 1. The van der Waals surface area contributed by atoms with Crippen molar-refractivity contribution >= 4 is 46.7 Å². The lowest BCUT2D eigenvalue weighted by molar-refractivity contribution is -0.384. The van der Waals surface area contributed by atoms with Gasteiger partial charge in [0.2, 0.25) is 11.9 Å². The molecule has 2 N–H and O–H groups in total. The molecule has 0 aliphatic heterocycles. The van der Waals surface area contributed by atoms with Crippen molar-refractivity contribution in [2.75, 3.05) is 10.6 Å². The number of nitro groups is 1. The number of rotatable bonds is 8. The van der Waals surface area contributed by atoms with Crippen molar-refractivity contribution in [2.45, 2.75) is 13.1 Å². The number of nitrogens with zero attached hydrogens (tertiary/aromatic N) is 4. The molecule has 1 heterocycles. The smallest absolute Gasteiger partial charge is 0.281 e. The summed E-state index contributed by atoms with van der Waals surface area (Å²) in [4.78, 5) is 28.1. The molecule has 0 aliphatic carbocycles. The molecule has 0 atom stereocenters. The number of hydrogen-bond donors (Lipinski definition) is 2. The molecular formula is C23H18Cl2N6O3. The van der Waals surface area contributed by atoms with Crippen molar-refractivity contribution in [3.05, 3.63) is 110 Å². The van der Waals surface area contributed by atoms with Gasteiger partial charge in [-0.25, -0.2) is 0 Å². The maximum absolute atomic E-state index is 13.2. The molecule has 4 rings (SSSR count). The molecule has 0 aliphatic rings. The van der Waals surface area contributed by atoms with Crippen molar-refractivity contribution in [1.29, 1.82) is 0 Å². The molecule has 0 spiro atoms. The van der Waals surface area contributed by atoms with E-state index >= 15 is 0 Å². The Balaban J connectivity index is 1.63. The van der Waals surface area contributed by atoms with Gasteiger partial charge in [-0.3, -0.25) is 14.9 Å². The highest BCUT2D eigenvalue weighted by atomic mass is 35.5. The molecule has 0 radical (unpaired) electrons. The largest absolute Gasteiger partial charge is 0.350 e. The summed E-state index contributed by atoms with van der Waals surface area (Å²) in [6.07, 6.45) is 0. The number of hydrogen-bond acceptors (Lipinski definition) is 7. The minimum absolute atomic E-state index is 0.0950. The molecular weight excluding hydrogens is 479 g/mol. The predicted molar refractivity (Wildman–Crippen MR) is 130 cm³/mol. The van der Waals surface area contributed by atoms with E-state index in [0.29, 0.717) is 16.6 Å². The van der Waals surface area contributed by atoms with Crippen LogP contribution in [0.2, 0.25) is 10.0 Å². The van der Waals surface area contributed by atoms with E-state index in [9.17, 15) is 14.9 Å². The van der Waals surface area contributed by atoms with Crippen LogP contribution < -0.4 is 10.6 Å². The third-order valence-electron chi connectivity index (χ3n) is 4.89. The molecule has 1 aromatic heterocycles. The summed E-state index contributed by atoms with van der Waals surface area (Å²) in [6.45, 7) is 0.614. The van der Waals surface area contributed by atoms with Gasteiger partial charge in [-0.1, -0.05) is 65.7 Å². The average molecular weight is 497 g/mol. The molecule has 0 bridgehead atoms. The first kappa shape index (κ1) is 23.2. The van der Waals surface area contributed by atoms with Crippen LogP contribution in [-0.4, -0.2) is 25.6 Å². The lowest BCUT2D eigenvalue weighted by Crippen LogP contribution is -2.18. The third-order valence-corrected chi connectivity index (χ3v) is 5.63. The zero-order valence-electron chi connectivity index (χ0n) is 17.6. The van der Waals surface area contributed by atoms with Gasteiger partial charge in [-0.05, 0) is 29.3 Å². The number of non-ortho nitro benzene ring substituents is 1. The lowest BCUT2D eigenvalue weighted by Gasteiger charge is -2.08. The maximum Gasteiger partial charge on any atom is 0.281 e. The summed E-state index contributed by atoms with van der Waals surface area (Å²) in [6, 6.07) is 20.0. The molecule has 172 valence electrons.